The highest BCUT2D eigenvalue weighted by Crippen LogP contribution is 2.41. The van der Waals surface area contributed by atoms with Gasteiger partial charge in [-0.2, -0.15) is 0 Å². The first-order chi connectivity index (χ1) is 17.5. The summed E-state index contributed by atoms with van der Waals surface area (Å²) in [4.78, 5) is 14.3. The summed E-state index contributed by atoms with van der Waals surface area (Å²) in [6, 6.07) is 8.65. The summed E-state index contributed by atoms with van der Waals surface area (Å²) in [5.74, 6) is 3.48. The van der Waals surface area contributed by atoms with Crippen molar-refractivity contribution >= 4 is 11.6 Å². The molecular weight excluding hydrogens is 452 g/mol. The van der Waals surface area contributed by atoms with E-state index in [2.05, 4.69) is 46.5 Å². The molecule has 6 rings (SSSR count). The minimum atomic E-state index is -0.808. The van der Waals surface area contributed by atoms with Crippen molar-refractivity contribution in [1.29, 1.82) is 0 Å². The highest BCUT2D eigenvalue weighted by molar-refractivity contribution is 5.60. The number of aromatic nitrogens is 5. The third-order valence-electron chi connectivity index (χ3n) is 8.28. The predicted molar refractivity (Wildman–Crippen MR) is 140 cm³/mol. The third-order valence-corrected chi connectivity index (χ3v) is 8.28. The van der Waals surface area contributed by atoms with Crippen LogP contribution in [0.15, 0.2) is 24.3 Å². The Morgan fingerprint density at radius 2 is 1.97 bits per heavy atom. The van der Waals surface area contributed by atoms with Crippen LogP contribution in [0.5, 0.6) is 0 Å². The molecule has 9 nitrogen and oxygen atoms in total. The van der Waals surface area contributed by atoms with Crippen LogP contribution in [0.2, 0.25) is 0 Å². The molecule has 0 radical (unpaired) electrons. The first-order valence-electron chi connectivity index (χ1n) is 13.4. The van der Waals surface area contributed by atoms with Gasteiger partial charge in [-0.15, -0.1) is 10.2 Å². The molecule has 0 amide bonds. The number of pyridine rings is 2. The van der Waals surface area contributed by atoms with Crippen LogP contribution in [0, 0.1) is 0 Å². The number of anilines is 2. The summed E-state index contributed by atoms with van der Waals surface area (Å²) in [5.41, 5.74) is 10.1. The van der Waals surface area contributed by atoms with Gasteiger partial charge in [-0.1, -0.05) is 19.9 Å². The maximum absolute atomic E-state index is 11.5. The molecule has 9 heteroatoms. The van der Waals surface area contributed by atoms with Gasteiger partial charge in [0.1, 0.15) is 23.2 Å². The zero-order valence-corrected chi connectivity index (χ0v) is 21.4. The molecule has 0 aromatic carbocycles. The Morgan fingerprint density at radius 1 is 1.11 bits per heavy atom. The molecule has 36 heavy (non-hydrogen) atoms. The van der Waals surface area contributed by atoms with Gasteiger partial charge in [0, 0.05) is 48.8 Å². The lowest BCUT2D eigenvalue weighted by atomic mass is 10.0. The topological polar surface area (TPSA) is 109 Å². The molecule has 0 saturated carbocycles. The predicted octanol–water partition coefficient (Wildman–Crippen LogP) is 4.04. The second-order valence-electron chi connectivity index (χ2n) is 10.4. The van der Waals surface area contributed by atoms with E-state index in [0.29, 0.717) is 24.4 Å². The van der Waals surface area contributed by atoms with Gasteiger partial charge < -0.3 is 25.2 Å². The standard InChI is InChI=1S/C27H36N8O/c1-4-17-11-12-23-31-32-26(35(17)23)21-9-6-10-22(29-21)34-15-19-18(27(34)36)14-24(30-25(19)20(28)5-2)33-13-7-8-16(33)3/h6,9-10,14,16-17,20,27,36H,4-5,7-8,11-13,15,28H2,1-3H3/t16-,17-,20-,27?/m1/s1. The number of aliphatic hydroxyl groups excluding tert-OH is 1. The number of aryl methyl sites for hydroxylation is 1. The molecule has 0 aliphatic carbocycles. The van der Waals surface area contributed by atoms with Gasteiger partial charge in [-0.3, -0.25) is 0 Å². The fraction of sp³-hybridized carbons (Fsp3) is 0.556. The summed E-state index contributed by atoms with van der Waals surface area (Å²) >= 11 is 0. The molecule has 6 heterocycles. The quantitative estimate of drug-likeness (QED) is 0.535. The lowest BCUT2D eigenvalue weighted by Gasteiger charge is -2.25. The Bertz CT molecular complexity index is 1270. The molecule has 3 aliphatic rings. The van der Waals surface area contributed by atoms with Crippen molar-refractivity contribution in [3.63, 3.8) is 0 Å². The summed E-state index contributed by atoms with van der Waals surface area (Å²) in [5, 5.41) is 20.4. The van der Waals surface area contributed by atoms with E-state index in [-0.39, 0.29) is 6.04 Å². The second kappa shape index (κ2) is 9.12. The van der Waals surface area contributed by atoms with Crippen molar-refractivity contribution in [3.8, 4) is 11.5 Å². The van der Waals surface area contributed by atoms with Crippen molar-refractivity contribution in [2.45, 2.75) is 90.2 Å². The fourth-order valence-electron chi connectivity index (χ4n) is 6.12. The lowest BCUT2D eigenvalue weighted by Crippen LogP contribution is -2.28. The van der Waals surface area contributed by atoms with E-state index < -0.39 is 6.23 Å². The van der Waals surface area contributed by atoms with Gasteiger partial charge in [0.2, 0.25) is 0 Å². The van der Waals surface area contributed by atoms with Crippen LogP contribution < -0.4 is 15.5 Å². The molecule has 3 aliphatic heterocycles. The summed E-state index contributed by atoms with van der Waals surface area (Å²) in [6.07, 6.45) is 5.40. The molecule has 3 N–H and O–H groups in total. The zero-order chi connectivity index (χ0) is 25.0. The highest BCUT2D eigenvalue weighted by Gasteiger charge is 2.36. The van der Waals surface area contributed by atoms with Crippen LogP contribution in [0.3, 0.4) is 0 Å². The number of nitrogens with two attached hydrogens (primary N) is 1. The molecule has 3 aromatic rings. The van der Waals surface area contributed by atoms with Crippen LogP contribution >= 0.6 is 0 Å². The van der Waals surface area contributed by atoms with Crippen molar-refractivity contribution in [3.05, 3.63) is 46.9 Å². The molecular formula is C27H36N8O. The van der Waals surface area contributed by atoms with Gasteiger partial charge in [0.15, 0.2) is 12.1 Å². The molecule has 0 spiro atoms. The summed E-state index contributed by atoms with van der Waals surface area (Å²) in [6.45, 7) is 8.03. The first-order valence-corrected chi connectivity index (χ1v) is 13.4. The molecule has 1 fully saturated rings. The Morgan fingerprint density at radius 3 is 2.72 bits per heavy atom. The van der Waals surface area contributed by atoms with Crippen LogP contribution in [0.4, 0.5) is 11.6 Å². The third kappa shape index (κ3) is 3.67. The number of aliphatic hydroxyl groups is 1. The van der Waals surface area contributed by atoms with Crippen molar-refractivity contribution in [1.82, 2.24) is 24.7 Å². The minimum Gasteiger partial charge on any atom is -0.369 e. The van der Waals surface area contributed by atoms with Crippen LogP contribution in [0.1, 0.15) is 93.8 Å². The SMILES string of the molecule is CC[C@@H]1CCc2nnc(-c3cccc(N4Cc5c(cc(N6CCC[C@H]6C)nc5[C@H](N)CC)C4O)n3)n21. The van der Waals surface area contributed by atoms with E-state index in [0.717, 1.165) is 85.1 Å². The highest BCUT2D eigenvalue weighted by atomic mass is 16.3. The van der Waals surface area contributed by atoms with Crippen molar-refractivity contribution in [2.24, 2.45) is 5.73 Å². The van der Waals surface area contributed by atoms with E-state index in [4.69, 9.17) is 15.7 Å². The van der Waals surface area contributed by atoms with Gasteiger partial charge in [-0.25, -0.2) is 9.97 Å². The number of fused-ring (bicyclic) bond motifs is 2. The molecule has 1 saturated heterocycles. The number of nitrogens with zero attached hydrogens (tertiary/aromatic N) is 7. The van der Waals surface area contributed by atoms with Gasteiger partial charge >= 0.3 is 0 Å². The number of hydrogen-bond acceptors (Lipinski definition) is 8. The lowest BCUT2D eigenvalue weighted by molar-refractivity contribution is 0.181. The van der Waals surface area contributed by atoms with Crippen LogP contribution in [0.25, 0.3) is 11.5 Å². The summed E-state index contributed by atoms with van der Waals surface area (Å²) < 4.78 is 2.24. The van der Waals surface area contributed by atoms with E-state index in [1.807, 2.05) is 23.1 Å². The average molecular weight is 489 g/mol. The Kier molecular flexibility index (Phi) is 5.92. The first kappa shape index (κ1) is 23.4. The molecule has 3 aromatic heterocycles. The van der Waals surface area contributed by atoms with E-state index in [9.17, 15) is 5.11 Å². The molecule has 1 unspecified atom stereocenters. The largest absolute Gasteiger partial charge is 0.369 e. The molecule has 4 atom stereocenters. The maximum atomic E-state index is 11.5. The van der Waals surface area contributed by atoms with E-state index in [1.54, 1.807) is 0 Å². The normalized spacial score (nSPS) is 23.9. The van der Waals surface area contributed by atoms with Crippen LogP contribution in [-0.2, 0) is 13.0 Å². The van der Waals surface area contributed by atoms with Crippen molar-refractivity contribution < 1.29 is 5.11 Å². The Balaban J connectivity index is 1.37. The Labute approximate surface area is 212 Å². The second-order valence-corrected chi connectivity index (χ2v) is 10.4. The average Bonchev–Trinajstić information content (AvgIpc) is 3.67. The maximum Gasteiger partial charge on any atom is 0.182 e. The van der Waals surface area contributed by atoms with E-state index >= 15 is 0 Å². The fourth-order valence-corrected chi connectivity index (χ4v) is 6.12. The van der Waals surface area contributed by atoms with Crippen molar-refractivity contribution in [2.75, 3.05) is 16.3 Å². The van der Waals surface area contributed by atoms with Crippen LogP contribution in [-0.4, -0.2) is 42.4 Å². The van der Waals surface area contributed by atoms with Gasteiger partial charge in [0.05, 0.1) is 5.69 Å². The monoisotopic (exact) mass is 488 g/mol. The smallest absolute Gasteiger partial charge is 0.182 e. The van der Waals surface area contributed by atoms with Gasteiger partial charge in [0.25, 0.3) is 0 Å². The van der Waals surface area contributed by atoms with E-state index in [1.165, 1.54) is 0 Å². The number of hydrogen-bond donors (Lipinski definition) is 2. The van der Waals surface area contributed by atoms with Gasteiger partial charge in [-0.05, 0) is 57.2 Å². The zero-order valence-electron chi connectivity index (χ0n) is 21.4. The molecule has 190 valence electrons. The molecule has 0 bridgehead atoms. The minimum absolute atomic E-state index is 0.174. The summed E-state index contributed by atoms with van der Waals surface area (Å²) in [7, 11) is 0. The number of rotatable bonds is 6. The Hall–Kier alpha value is -3.04.